The lowest BCUT2D eigenvalue weighted by Gasteiger charge is -2.12. The largest absolute Gasteiger partial charge is 0.309 e. The van der Waals surface area contributed by atoms with Gasteiger partial charge in [-0.05, 0) is 53.2 Å². The van der Waals surface area contributed by atoms with Crippen LogP contribution in [0.3, 0.4) is 0 Å². The van der Waals surface area contributed by atoms with Crippen molar-refractivity contribution in [3.63, 3.8) is 0 Å². The lowest BCUT2D eigenvalue weighted by Crippen LogP contribution is -2.04. The van der Waals surface area contributed by atoms with Crippen molar-refractivity contribution in [3.8, 4) is 34.2 Å². The van der Waals surface area contributed by atoms with Crippen molar-refractivity contribution in [2.24, 2.45) is 0 Å². The highest BCUT2D eigenvalue weighted by Gasteiger charge is 2.22. The Hall–Kier alpha value is -6.52. The van der Waals surface area contributed by atoms with Gasteiger partial charge in [-0.2, -0.15) is 0 Å². The molecular formula is C44H28N4. The van der Waals surface area contributed by atoms with E-state index in [2.05, 4.69) is 167 Å². The second-order valence-corrected chi connectivity index (χ2v) is 12.3. The molecule has 0 unspecified atom stereocenters. The summed E-state index contributed by atoms with van der Waals surface area (Å²) >= 11 is 0. The number of fused-ring (bicyclic) bond motifs is 8. The minimum atomic E-state index is 0.647. The molecule has 224 valence electrons. The fourth-order valence-corrected chi connectivity index (χ4v) is 7.35. The molecule has 0 atom stereocenters. The fourth-order valence-electron chi connectivity index (χ4n) is 7.35. The highest BCUT2D eigenvalue weighted by Crippen LogP contribution is 2.43. The van der Waals surface area contributed by atoms with E-state index in [1.807, 2.05) is 12.1 Å². The van der Waals surface area contributed by atoms with E-state index in [1.165, 1.54) is 38.0 Å². The summed E-state index contributed by atoms with van der Waals surface area (Å²) in [5.74, 6) is 0.647. The minimum absolute atomic E-state index is 0.647. The Balaban J connectivity index is 1.36. The number of benzene rings is 7. The third kappa shape index (κ3) is 4.03. The van der Waals surface area contributed by atoms with Crippen molar-refractivity contribution in [1.82, 2.24) is 19.1 Å². The lowest BCUT2D eigenvalue weighted by atomic mass is 10.0. The van der Waals surface area contributed by atoms with Crippen molar-refractivity contribution in [2.75, 3.05) is 0 Å². The fraction of sp³-hybridized carbons (Fsp3) is 0. The summed E-state index contributed by atoms with van der Waals surface area (Å²) in [5, 5.41) is 7.26. The zero-order valence-electron chi connectivity index (χ0n) is 26.0. The van der Waals surface area contributed by atoms with Gasteiger partial charge >= 0.3 is 0 Å². The normalized spacial score (nSPS) is 11.8. The molecule has 7 aromatic carbocycles. The van der Waals surface area contributed by atoms with Gasteiger partial charge < -0.3 is 4.57 Å². The molecule has 4 heteroatoms. The standard InChI is InChI=1S/C44H28N4/c1-4-14-29(15-5-1)37-28-38(30-16-6-2-7-17-30)46-44(45-37)48-39-23-13-12-22-35(39)42-40(48)25-24-34-36-26-31-18-10-11-19-32(31)27-41(36)47(43(34)42)33-20-8-3-9-21-33/h1-28H. The Morgan fingerprint density at radius 3 is 1.65 bits per heavy atom. The molecular weight excluding hydrogens is 585 g/mol. The summed E-state index contributed by atoms with van der Waals surface area (Å²) in [4.78, 5) is 10.5. The molecule has 3 heterocycles. The van der Waals surface area contributed by atoms with Crippen LogP contribution in [0.25, 0.3) is 88.5 Å². The van der Waals surface area contributed by atoms with Crippen LogP contribution in [0, 0.1) is 0 Å². The van der Waals surface area contributed by atoms with Crippen molar-refractivity contribution >= 4 is 54.4 Å². The van der Waals surface area contributed by atoms with Crippen LogP contribution in [-0.4, -0.2) is 19.1 Å². The van der Waals surface area contributed by atoms with Crippen molar-refractivity contribution in [2.45, 2.75) is 0 Å². The van der Waals surface area contributed by atoms with Gasteiger partial charge in [-0.3, -0.25) is 4.57 Å². The molecule has 48 heavy (non-hydrogen) atoms. The first kappa shape index (κ1) is 26.7. The van der Waals surface area contributed by atoms with Crippen LogP contribution in [0.2, 0.25) is 0 Å². The van der Waals surface area contributed by atoms with E-state index >= 15 is 0 Å². The maximum absolute atomic E-state index is 5.26. The summed E-state index contributed by atoms with van der Waals surface area (Å²) < 4.78 is 4.68. The third-order valence-electron chi connectivity index (χ3n) is 9.50. The highest BCUT2D eigenvalue weighted by molar-refractivity contribution is 6.27. The van der Waals surface area contributed by atoms with Gasteiger partial charge in [0, 0.05) is 38.4 Å². The van der Waals surface area contributed by atoms with Crippen LogP contribution in [0.1, 0.15) is 0 Å². The van der Waals surface area contributed by atoms with E-state index in [9.17, 15) is 0 Å². The van der Waals surface area contributed by atoms with Crippen LogP contribution < -0.4 is 0 Å². The molecule has 0 aliphatic heterocycles. The van der Waals surface area contributed by atoms with Gasteiger partial charge in [0.05, 0.1) is 33.5 Å². The predicted molar refractivity (Wildman–Crippen MR) is 199 cm³/mol. The van der Waals surface area contributed by atoms with E-state index in [-0.39, 0.29) is 0 Å². The van der Waals surface area contributed by atoms with Crippen LogP contribution >= 0.6 is 0 Å². The first-order valence-electron chi connectivity index (χ1n) is 16.3. The summed E-state index contributed by atoms with van der Waals surface area (Å²) in [6.07, 6.45) is 0. The molecule has 0 radical (unpaired) electrons. The van der Waals surface area contributed by atoms with Crippen LogP contribution in [0.5, 0.6) is 0 Å². The molecule has 10 rings (SSSR count). The number of nitrogens with zero attached hydrogens (tertiary/aromatic N) is 4. The Labute approximate surface area is 276 Å². The molecule has 0 amide bonds. The van der Waals surface area contributed by atoms with Gasteiger partial charge in [0.1, 0.15) is 0 Å². The quantitative estimate of drug-likeness (QED) is 0.198. The average molecular weight is 613 g/mol. The smallest absolute Gasteiger partial charge is 0.235 e. The summed E-state index contributed by atoms with van der Waals surface area (Å²) in [6, 6.07) is 60.0. The predicted octanol–water partition coefficient (Wildman–Crippen LogP) is 11.2. The number of rotatable bonds is 4. The molecule has 0 aliphatic rings. The number of hydrogen-bond donors (Lipinski definition) is 0. The topological polar surface area (TPSA) is 35.6 Å². The van der Waals surface area contributed by atoms with Gasteiger partial charge in [0.25, 0.3) is 0 Å². The Morgan fingerprint density at radius 1 is 0.375 bits per heavy atom. The lowest BCUT2D eigenvalue weighted by molar-refractivity contribution is 0.996. The van der Waals surface area contributed by atoms with Crippen LogP contribution in [-0.2, 0) is 0 Å². The van der Waals surface area contributed by atoms with Gasteiger partial charge in [0.15, 0.2) is 0 Å². The van der Waals surface area contributed by atoms with E-state index in [0.717, 1.165) is 44.6 Å². The van der Waals surface area contributed by atoms with Crippen molar-refractivity contribution in [1.29, 1.82) is 0 Å². The SMILES string of the molecule is c1ccc(-c2cc(-c3ccccc3)nc(-n3c4ccccc4c4c3ccc3c5cc6ccccc6cc5n(-c5ccccc5)c34)n2)cc1. The first-order valence-corrected chi connectivity index (χ1v) is 16.3. The monoisotopic (exact) mass is 612 g/mol. The van der Waals surface area contributed by atoms with Crippen LogP contribution in [0.4, 0.5) is 0 Å². The molecule has 0 N–H and O–H groups in total. The molecule has 0 spiro atoms. The molecule has 10 aromatic rings. The van der Waals surface area contributed by atoms with E-state index in [4.69, 9.17) is 9.97 Å². The van der Waals surface area contributed by atoms with E-state index in [0.29, 0.717) is 5.95 Å². The number of para-hydroxylation sites is 2. The highest BCUT2D eigenvalue weighted by atomic mass is 15.2. The van der Waals surface area contributed by atoms with Gasteiger partial charge in [0.2, 0.25) is 5.95 Å². The minimum Gasteiger partial charge on any atom is -0.309 e. The second-order valence-electron chi connectivity index (χ2n) is 12.3. The second kappa shape index (κ2) is 10.5. The maximum atomic E-state index is 5.26. The Bertz CT molecular complexity index is 2760. The van der Waals surface area contributed by atoms with Gasteiger partial charge in [-0.25, -0.2) is 9.97 Å². The van der Waals surface area contributed by atoms with E-state index < -0.39 is 0 Å². The first-order chi connectivity index (χ1) is 23.8. The molecule has 0 aliphatic carbocycles. The summed E-state index contributed by atoms with van der Waals surface area (Å²) in [6.45, 7) is 0. The molecule has 0 fully saturated rings. The summed E-state index contributed by atoms with van der Waals surface area (Å²) in [5.41, 5.74) is 9.51. The Morgan fingerprint density at radius 2 is 0.958 bits per heavy atom. The maximum Gasteiger partial charge on any atom is 0.235 e. The molecule has 0 bridgehead atoms. The molecule has 4 nitrogen and oxygen atoms in total. The van der Waals surface area contributed by atoms with Crippen molar-refractivity contribution < 1.29 is 0 Å². The zero-order valence-corrected chi connectivity index (χ0v) is 26.0. The number of hydrogen-bond acceptors (Lipinski definition) is 2. The number of aromatic nitrogens is 4. The molecule has 3 aromatic heterocycles. The molecule has 0 saturated heterocycles. The third-order valence-corrected chi connectivity index (χ3v) is 9.50. The average Bonchev–Trinajstić information content (AvgIpc) is 3.67. The molecule has 0 saturated carbocycles. The Kier molecular flexibility index (Phi) is 5.84. The van der Waals surface area contributed by atoms with E-state index in [1.54, 1.807) is 0 Å². The zero-order chi connectivity index (χ0) is 31.6. The van der Waals surface area contributed by atoms with Crippen molar-refractivity contribution in [3.05, 3.63) is 170 Å². The van der Waals surface area contributed by atoms with Gasteiger partial charge in [-0.15, -0.1) is 0 Å². The summed E-state index contributed by atoms with van der Waals surface area (Å²) in [7, 11) is 0. The van der Waals surface area contributed by atoms with Crippen LogP contribution in [0.15, 0.2) is 170 Å². The van der Waals surface area contributed by atoms with Gasteiger partial charge in [-0.1, -0.05) is 127 Å².